The summed E-state index contributed by atoms with van der Waals surface area (Å²) in [5, 5.41) is 0. The van der Waals surface area contributed by atoms with E-state index >= 15 is 0 Å². The highest BCUT2D eigenvalue weighted by Crippen LogP contribution is 2.18. The average molecular weight is 171 g/mol. The molecule has 70 valence electrons. The molecular weight excluding hydrogens is 154 g/mol. The molecule has 0 aromatic rings. The number of hydrogen-bond acceptors (Lipinski definition) is 3. The molecule has 1 saturated heterocycles. The number of Topliss-reactive ketones (excluding diaryl/α,β-unsaturated/α-hetero) is 1. The Morgan fingerprint density at radius 2 is 2.33 bits per heavy atom. The minimum absolute atomic E-state index is 0.104. The second-order valence-electron chi connectivity index (χ2n) is 4.19. The molecule has 0 aromatic carbocycles. The average Bonchev–Trinajstić information content (AvgIpc) is 2.32. The summed E-state index contributed by atoms with van der Waals surface area (Å²) in [5.41, 5.74) is 5.37. The quantitative estimate of drug-likeness (QED) is 0.680. The van der Waals surface area contributed by atoms with Crippen molar-refractivity contribution in [2.24, 2.45) is 11.7 Å². The van der Waals surface area contributed by atoms with Crippen molar-refractivity contribution in [1.82, 2.24) is 0 Å². The Bertz CT molecular complexity index is 166. The highest BCUT2D eigenvalue weighted by molar-refractivity contribution is 5.82. The van der Waals surface area contributed by atoms with E-state index in [2.05, 4.69) is 0 Å². The Morgan fingerprint density at radius 3 is 2.75 bits per heavy atom. The van der Waals surface area contributed by atoms with Crippen molar-refractivity contribution < 1.29 is 9.53 Å². The summed E-state index contributed by atoms with van der Waals surface area (Å²) in [6, 6.07) is 0. The van der Waals surface area contributed by atoms with E-state index in [4.69, 9.17) is 10.5 Å². The number of ketones is 1. The fourth-order valence-corrected chi connectivity index (χ4v) is 1.38. The van der Waals surface area contributed by atoms with E-state index in [0.29, 0.717) is 13.0 Å². The molecule has 1 atom stereocenters. The van der Waals surface area contributed by atoms with E-state index in [0.717, 1.165) is 13.0 Å². The van der Waals surface area contributed by atoms with Gasteiger partial charge in [0.25, 0.3) is 0 Å². The van der Waals surface area contributed by atoms with Crippen molar-refractivity contribution in [1.29, 1.82) is 0 Å². The van der Waals surface area contributed by atoms with Gasteiger partial charge in [-0.25, -0.2) is 0 Å². The van der Waals surface area contributed by atoms with Crippen molar-refractivity contribution in [3.8, 4) is 0 Å². The first kappa shape index (κ1) is 9.68. The summed E-state index contributed by atoms with van der Waals surface area (Å²) in [7, 11) is 0. The minimum Gasteiger partial charge on any atom is -0.381 e. The van der Waals surface area contributed by atoms with Crippen LogP contribution in [0.25, 0.3) is 0 Å². The van der Waals surface area contributed by atoms with Crippen molar-refractivity contribution in [3.63, 3.8) is 0 Å². The summed E-state index contributed by atoms with van der Waals surface area (Å²) in [6.07, 6.45) is 1.33. The molecule has 0 amide bonds. The van der Waals surface area contributed by atoms with Crippen LogP contribution < -0.4 is 5.73 Å². The molecule has 1 fully saturated rings. The van der Waals surface area contributed by atoms with E-state index in [1.807, 2.05) is 13.8 Å². The molecule has 3 nitrogen and oxygen atoms in total. The van der Waals surface area contributed by atoms with E-state index in [1.54, 1.807) is 0 Å². The third-order valence-electron chi connectivity index (χ3n) is 2.01. The van der Waals surface area contributed by atoms with Crippen LogP contribution in [0.1, 0.15) is 26.7 Å². The molecule has 1 aliphatic heterocycles. The number of rotatable bonds is 3. The van der Waals surface area contributed by atoms with Crippen LogP contribution in [0.4, 0.5) is 0 Å². The maximum atomic E-state index is 11.5. The molecule has 12 heavy (non-hydrogen) atoms. The first-order chi connectivity index (χ1) is 5.49. The van der Waals surface area contributed by atoms with Crippen LogP contribution in [-0.2, 0) is 9.53 Å². The van der Waals surface area contributed by atoms with Gasteiger partial charge in [0.2, 0.25) is 0 Å². The number of hydrogen-bond donors (Lipinski definition) is 1. The van der Waals surface area contributed by atoms with Gasteiger partial charge < -0.3 is 10.5 Å². The zero-order valence-electron chi connectivity index (χ0n) is 7.80. The molecule has 0 aliphatic carbocycles. The highest BCUT2D eigenvalue weighted by atomic mass is 16.5. The molecule has 1 heterocycles. The van der Waals surface area contributed by atoms with Crippen LogP contribution >= 0.6 is 0 Å². The zero-order valence-corrected chi connectivity index (χ0v) is 7.80. The maximum Gasteiger partial charge on any atom is 0.140 e. The third kappa shape index (κ3) is 2.91. The molecule has 0 aromatic heterocycles. The van der Waals surface area contributed by atoms with Gasteiger partial charge in [0.05, 0.1) is 6.61 Å². The molecule has 2 N–H and O–H groups in total. The largest absolute Gasteiger partial charge is 0.381 e. The SMILES string of the molecule is CC(C)(N)CC(=O)C1CCOC1. The van der Waals surface area contributed by atoms with Gasteiger partial charge in [-0.1, -0.05) is 0 Å². The lowest BCUT2D eigenvalue weighted by atomic mass is 9.91. The summed E-state index contributed by atoms with van der Waals surface area (Å²) in [5.74, 6) is 0.354. The highest BCUT2D eigenvalue weighted by Gasteiger charge is 2.26. The lowest BCUT2D eigenvalue weighted by molar-refractivity contribution is -0.123. The Labute approximate surface area is 73.3 Å². The topological polar surface area (TPSA) is 52.3 Å². The van der Waals surface area contributed by atoms with Gasteiger partial charge >= 0.3 is 0 Å². The van der Waals surface area contributed by atoms with Crippen LogP contribution in [0.5, 0.6) is 0 Å². The monoisotopic (exact) mass is 171 g/mol. The predicted molar refractivity (Wildman–Crippen MR) is 46.8 cm³/mol. The lowest BCUT2D eigenvalue weighted by Crippen LogP contribution is -2.36. The molecular formula is C9H17NO2. The van der Waals surface area contributed by atoms with Gasteiger partial charge in [0.1, 0.15) is 5.78 Å². The fraction of sp³-hybridized carbons (Fsp3) is 0.889. The van der Waals surface area contributed by atoms with Crippen LogP contribution in [0.3, 0.4) is 0 Å². The molecule has 1 unspecified atom stereocenters. The third-order valence-corrected chi connectivity index (χ3v) is 2.01. The Morgan fingerprint density at radius 1 is 1.67 bits per heavy atom. The maximum absolute atomic E-state index is 11.5. The Balaban J connectivity index is 2.37. The van der Waals surface area contributed by atoms with E-state index in [9.17, 15) is 4.79 Å². The minimum atomic E-state index is -0.375. The second-order valence-corrected chi connectivity index (χ2v) is 4.19. The van der Waals surface area contributed by atoms with Gasteiger partial charge in [-0.05, 0) is 20.3 Å². The fourth-order valence-electron chi connectivity index (χ4n) is 1.38. The molecule has 0 saturated carbocycles. The molecule has 1 aliphatic rings. The van der Waals surface area contributed by atoms with Crippen molar-refractivity contribution in [3.05, 3.63) is 0 Å². The van der Waals surface area contributed by atoms with Gasteiger partial charge in [0.15, 0.2) is 0 Å². The number of carbonyl (C=O) groups is 1. The molecule has 3 heteroatoms. The second kappa shape index (κ2) is 3.54. The first-order valence-electron chi connectivity index (χ1n) is 4.38. The molecule has 0 radical (unpaired) electrons. The Kier molecular flexibility index (Phi) is 2.85. The van der Waals surface area contributed by atoms with Gasteiger partial charge in [-0.2, -0.15) is 0 Å². The van der Waals surface area contributed by atoms with Crippen molar-refractivity contribution in [2.75, 3.05) is 13.2 Å². The molecule has 1 rings (SSSR count). The smallest absolute Gasteiger partial charge is 0.140 e. The van der Waals surface area contributed by atoms with E-state index in [1.165, 1.54) is 0 Å². The predicted octanol–water partition coefficient (Wildman–Crippen LogP) is 0.719. The summed E-state index contributed by atoms with van der Waals surface area (Å²) >= 11 is 0. The van der Waals surface area contributed by atoms with Crippen molar-refractivity contribution in [2.45, 2.75) is 32.2 Å². The van der Waals surface area contributed by atoms with Crippen molar-refractivity contribution >= 4 is 5.78 Å². The molecule has 0 bridgehead atoms. The van der Waals surface area contributed by atoms with E-state index in [-0.39, 0.29) is 17.2 Å². The number of nitrogens with two attached hydrogens (primary N) is 1. The summed E-state index contributed by atoms with van der Waals surface area (Å²) < 4.78 is 5.13. The first-order valence-corrected chi connectivity index (χ1v) is 4.38. The standard InChI is InChI=1S/C9H17NO2/c1-9(2,10)5-8(11)7-3-4-12-6-7/h7H,3-6,10H2,1-2H3. The van der Waals surface area contributed by atoms with E-state index < -0.39 is 0 Å². The van der Waals surface area contributed by atoms with Gasteiger partial charge in [-0.3, -0.25) is 4.79 Å². The van der Waals surface area contributed by atoms with Gasteiger partial charge in [-0.15, -0.1) is 0 Å². The van der Waals surface area contributed by atoms with Crippen LogP contribution in [0, 0.1) is 5.92 Å². The van der Waals surface area contributed by atoms with Crippen LogP contribution in [-0.4, -0.2) is 24.5 Å². The normalized spacial score (nSPS) is 24.4. The molecule has 0 spiro atoms. The van der Waals surface area contributed by atoms with Gasteiger partial charge in [0, 0.05) is 24.5 Å². The number of carbonyl (C=O) groups excluding carboxylic acids is 1. The lowest BCUT2D eigenvalue weighted by Gasteiger charge is -2.18. The van der Waals surface area contributed by atoms with Crippen LogP contribution in [0.15, 0.2) is 0 Å². The summed E-state index contributed by atoms with van der Waals surface area (Å²) in [4.78, 5) is 11.5. The number of ether oxygens (including phenoxy) is 1. The Hall–Kier alpha value is -0.410. The zero-order chi connectivity index (χ0) is 9.19. The van der Waals surface area contributed by atoms with Crippen LogP contribution in [0.2, 0.25) is 0 Å². The summed E-state index contributed by atoms with van der Waals surface area (Å²) in [6.45, 7) is 5.07.